The third kappa shape index (κ3) is 5.31. The van der Waals surface area contributed by atoms with Crippen molar-refractivity contribution in [3.05, 3.63) is 29.3 Å². The fourth-order valence-corrected chi connectivity index (χ4v) is 2.16. The van der Waals surface area contributed by atoms with Gasteiger partial charge in [-0.25, -0.2) is 0 Å². The number of carbonyl (C=O) groups is 1. The molecule has 112 valence electrons. The zero-order chi connectivity index (χ0) is 15.3. The molecule has 0 heterocycles. The summed E-state index contributed by atoms with van der Waals surface area (Å²) in [7, 11) is 1.94. The number of nitrogens with one attached hydrogen (secondary N) is 1. The molecule has 4 nitrogen and oxygen atoms in total. The second-order valence-electron chi connectivity index (χ2n) is 6.41. The minimum Gasteiger partial charge on any atom is -0.330 e. The third-order valence-corrected chi connectivity index (χ3v) is 3.33. The fraction of sp³-hybridized carbons (Fsp3) is 0.562. The van der Waals surface area contributed by atoms with Crippen LogP contribution in [0.3, 0.4) is 0 Å². The Bertz CT molecular complexity index is 469. The molecule has 0 atom stereocenters. The summed E-state index contributed by atoms with van der Waals surface area (Å²) in [6, 6.07) is 6.06. The number of aryl methyl sites for hydroxylation is 2. The van der Waals surface area contributed by atoms with E-state index in [9.17, 15) is 4.79 Å². The molecule has 0 aliphatic rings. The van der Waals surface area contributed by atoms with Crippen LogP contribution in [0.1, 0.15) is 25.0 Å². The molecule has 1 rings (SSSR count). The lowest BCUT2D eigenvalue weighted by Crippen LogP contribution is -2.40. The number of amides is 1. The van der Waals surface area contributed by atoms with Gasteiger partial charge in [0.2, 0.25) is 5.91 Å². The standard InChI is InChI=1S/C16H27N3O/c1-12-6-7-13(2)14(8-12)18-15(20)9-19(5)11-16(3,4)10-17/h6-8H,9-11,17H2,1-5H3,(H,18,20). The Morgan fingerprint density at radius 2 is 2.00 bits per heavy atom. The zero-order valence-electron chi connectivity index (χ0n) is 13.3. The van der Waals surface area contributed by atoms with E-state index in [2.05, 4.69) is 19.2 Å². The number of rotatable bonds is 6. The van der Waals surface area contributed by atoms with Gasteiger partial charge in [-0.2, -0.15) is 0 Å². The Hall–Kier alpha value is -1.39. The first kappa shape index (κ1) is 16.7. The van der Waals surface area contributed by atoms with Crippen molar-refractivity contribution in [2.45, 2.75) is 27.7 Å². The maximum atomic E-state index is 12.1. The monoisotopic (exact) mass is 277 g/mol. The van der Waals surface area contributed by atoms with Gasteiger partial charge in [0.1, 0.15) is 0 Å². The highest BCUT2D eigenvalue weighted by molar-refractivity contribution is 5.93. The average molecular weight is 277 g/mol. The molecule has 0 radical (unpaired) electrons. The van der Waals surface area contributed by atoms with E-state index in [1.54, 1.807) is 0 Å². The van der Waals surface area contributed by atoms with Gasteiger partial charge >= 0.3 is 0 Å². The average Bonchev–Trinajstić information content (AvgIpc) is 2.33. The summed E-state index contributed by atoms with van der Waals surface area (Å²) in [5.74, 6) is 0.00835. The van der Waals surface area contributed by atoms with Crippen molar-refractivity contribution in [2.75, 3.05) is 32.0 Å². The number of likely N-dealkylation sites (N-methyl/N-ethyl adjacent to an activating group) is 1. The molecule has 1 aromatic carbocycles. The summed E-state index contributed by atoms with van der Waals surface area (Å²) in [4.78, 5) is 14.1. The lowest BCUT2D eigenvalue weighted by Gasteiger charge is -2.28. The van der Waals surface area contributed by atoms with Gasteiger partial charge in [0.05, 0.1) is 6.54 Å². The molecule has 0 aliphatic heterocycles. The predicted octanol–water partition coefficient (Wildman–Crippen LogP) is 2.16. The van der Waals surface area contributed by atoms with E-state index in [-0.39, 0.29) is 11.3 Å². The Labute approximate surface area is 122 Å². The van der Waals surface area contributed by atoms with Crippen LogP contribution in [-0.2, 0) is 4.79 Å². The van der Waals surface area contributed by atoms with Gasteiger partial charge in [0.25, 0.3) is 0 Å². The van der Waals surface area contributed by atoms with E-state index >= 15 is 0 Å². The summed E-state index contributed by atoms with van der Waals surface area (Å²) in [6.45, 7) is 10.00. The van der Waals surface area contributed by atoms with Gasteiger partial charge in [-0.15, -0.1) is 0 Å². The van der Waals surface area contributed by atoms with Crippen LogP contribution >= 0.6 is 0 Å². The Morgan fingerprint density at radius 3 is 2.60 bits per heavy atom. The van der Waals surface area contributed by atoms with Gasteiger partial charge in [-0.1, -0.05) is 26.0 Å². The minimum atomic E-state index is 0.00835. The summed E-state index contributed by atoms with van der Waals surface area (Å²) in [5.41, 5.74) is 8.85. The maximum Gasteiger partial charge on any atom is 0.238 e. The molecule has 0 spiro atoms. The molecule has 4 heteroatoms. The Kier molecular flexibility index (Phi) is 5.72. The first-order chi connectivity index (χ1) is 9.23. The number of hydrogen-bond donors (Lipinski definition) is 2. The van der Waals surface area contributed by atoms with Crippen LogP contribution < -0.4 is 11.1 Å². The molecule has 0 aliphatic carbocycles. The molecule has 0 bridgehead atoms. The van der Waals surface area contributed by atoms with Crippen LogP contribution in [0.15, 0.2) is 18.2 Å². The summed E-state index contributed by atoms with van der Waals surface area (Å²) < 4.78 is 0. The van der Waals surface area contributed by atoms with Gasteiger partial charge in [0, 0.05) is 12.2 Å². The molecule has 0 aromatic heterocycles. The Morgan fingerprint density at radius 1 is 1.35 bits per heavy atom. The first-order valence-electron chi connectivity index (χ1n) is 6.99. The molecule has 0 unspecified atom stereocenters. The largest absolute Gasteiger partial charge is 0.330 e. The second-order valence-corrected chi connectivity index (χ2v) is 6.41. The van der Waals surface area contributed by atoms with E-state index in [1.807, 2.05) is 44.0 Å². The smallest absolute Gasteiger partial charge is 0.238 e. The van der Waals surface area contributed by atoms with Crippen molar-refractivity contribution in [3.63, 3.8) is 0 Å². The lowest BCUT2D eigenvalue weighted by molar-refractivity contribution is -0.117. The SMILES string of the molecule is Cc1ccc(C)c(NC(=O)CN(C)CC(C)(C)CN)c1. The second kappa shape index (κ2) is 6.86. The summed E-state index contributed by atoms with van der Waals surface area (Å²) >= 11 is 0. The molecule has 1 amide bonds. The third-order valence-electron chi connectivity index (χ3n) is 3.33. The quantitative estimate of drug-likeness (QED) is 0.837. The predicted molar refractivity (Wildman–Crippen MR) is 84.9 cm³/mol. The molecule has 0 fully saturated rings. The number of nitrogens with zero attached hydrogens (tertiary/aromatic N) is 1. The van der Waals surface area contributed by atoms with E-state index in [0.717, 1.165) is 23.4 Å². The van der Waals surface area contributed by atoms with Crippen LogP contribution in [0.4, 0.5) is 5.69 Å². The van der Waals surface area contributed by atoms with E-state index in [4.69, 9.17) is 5.73 Å². The van der Waals surface area contributed by atoms with Crippen molar-refractivity contribution in [3.8, 4) is 0 Å². The zero-order valence-corrected chi connectivity index (χ0v) is 13.3. The van der Waals surface area contributed by atoms with Crippen molar-refractivity contribution >= 4 is 11.6 Å². The van der Waals surface area contributed by atoms with E-state index in [1.165, 1.54) is 0 Å². The van der Waals surface area contributed by atoms with Crippen LogP contribution in [0.2, 0.25) is 0 Å². The molecule has 0 saturated heterocycles. The van der Waals surface area contributed by atoms with Crippen molar-refractivity contribution in [2.24, 2.45) is 11.1 Å². The minimum absolute atomic E-state index is 0.00835. The number of carbonyl (C=O) groups excluding carboxylic acids is 1. The number of hydrogen-bond acceptors (Lipinski definition) is 3. The highest BCUT2D eigenvalue weighted by Gasteiger charge is 2.19. The van der Waals surface area contributed by atoms with Crippen LogP contribution in [0, 0.1) is 19.3 Å². The van der Waals surface area contributed by atoms with Gasteiger partial charge in [-0.05, 0) is 50.0 Å². The van der Waals surface area contributed by atoms with Crippen LogP contribution in [0.25, 0.3) is 0 Å². The lowest BCUT2D eigenvalue weighted by atomic mass is 9.93. The van der Waals surface area contributed by atoms with E-state index < -0.39 is 0 Å². The molecular weight excluding hydrogens is 250 g/mol. The highest BCUT2D eigenvalue weighted by atomic mass is 16.2. The Balaban J connectivity index is 2.57. The number of benzene rings is 1. The van der Waals surface area contributed by atoms with Crippen molar-refractivity contribution in [1.82, 2.24) is 4.90 Å². The van der Waals surface area contributed by atoms with E-state index in [0.29, 0.717) is 13.1 Å². The van der Waals surface area contributed by atoms with Crippen LogP contribution in [0.5, 0.6) is 0 Å². The van der Waals surface area contributed by atoms with Crippen molar-refractivity contribution in [1.29, 1.82) is 0 Å². The highest BCUT2D eigenvalue weighted by Crippen LogP contribution is 2.17. The van der Waals surface area contributed by atoms with Gasteiger partial charge in [-0.3, -0.25) is 9.69 Å². The molecule has 20 heavy (non-hydrogen) atoms. The van der Waals surface area contributed by atoms with Crippen molar-refractivity contribution < 1.29 is 4.79 Å². The van der Waals surface area contributed by atoms with Crippen LogP contribution in [-0.4, -0.2) is 37.5 Å². The first-order valence-corrected chi connectivity index (χ1v) is 6.99. The summed E-state index contributed by atoms with van der Waals surface area (Å²) in [6.07, 6.45) is 0. The topological polar surface area (TPSA) is 58.4 Å². The molecular formula is C16H27N3O. The number of anilines is 1. The van der Waals surface area contributed by atoms with Gasteiger partial charge in [0.15, 0.2) is 0 Å². The molecule has 3 N–H and O–H groups in total. The maximum absolute atomic E-state index is 12.1. The summed E-state index contributed by atoms with van der Waals surface area (Å²) in [5, 5.41) is 2.97. The molecule has 1 aromatic rings. The number of nitrogens with two attached hydrogens (primary N) is 1. The van der Waals surface area contributed by atoms with Gasteiger partial charge < -0.3 is 11.1 Å². The fourth-order valence-electron chi connectivity index (χ4n) is 2.16. The molecule has 0 saturated carbocycles. The normalized spacial score (nSPS) is 11.8.